The van der Waals surface area contributed by atoms with Crippen molar-refractivity contribution >= 4 is 33.6 Å². The van der Waals surface area contributed by atoms with Crippen LogP contribution in [-0.4, -0.2) is 81.7 Å². The number of aliphatic hydroxyl groups is 2. The van der Waals surface area contributed by atoms with Crippen LogP contribution in [0.2, 0.25) is 0 Å². The summed E-state index contributed by atoms with van der Waals surface area (Å²) in [7, 11) is 0. The Bertz CT molecular complexity index is 1890. The minimum atomic E-state index is -2.90. The molecule has 0 spiro atoms. The second-order valence-electron chi connectivity index (χ2n) is 14.8. The van der Waals surface area contributed by atoms with E-state index in [0.29, 0.717) is 45.5 Å². The normalized spacial score (nSPS) is 20.8. The van der Waals surface area contributed by atoms with Crippen LogP contribution in [-0.2, 0) is 4.74 Å². The lowest BCUT2D eigenvalue weighted by molar-refractivity contribution is -0.0640. The molecule has 2 fully saturated rings. The highest BCUT2D eigenvalue weighted by atomic mass is 19.3. The van der Waals surface area contributed by atoms with Gasteiger partial charge in [-0.2, -0.15) is 17.6 Å². The fraction of sp³-hybridized carbons (Fsp3) is 0.500. The van der Waals surface area contributed by atoms with Gasteiger partial charge in [0.2, 0.25) is 0 Å². The summed E-state index contributed by atoms with van der Waals surface area (Å²) in [6.45, 7) is -0.259. The number of amides is 2. The van der Waals surface area contributed by atoms with Crippen molar-refractivity contribution in [2.45, 2.75) is 115 Å². The highest BCUT2D eigenvalue weighted by Crippen LogP contribution is 2.28. The zero-order valence-corrected chi connectivity index (χ0v) is 31.0. The number of nitrogens with zero attached hydrogens (tertiary/aromatic N) is 2. The van der Waals surface area contributed by atoms with Crippen molar-refractivity contribution in [3.63, 3.8) is 0 Å². The Morgan fingerprint density at radius 1 is 0.745 bits per heavy atom. The van der Waals surface area contributed by atoms with Crippen LogP contribution in [0.25, 0.3) is 21.8 Å². The number of alkyl halides is 4. The topological polar surface area (TPSA) is 152 Å². The quantitative estimate of drug-likeness (QED) is 0.110. The van der Waals surface area contributed by atoms with E-state index in [0.717, 1.165) is 51.4 Å². The number of halogens is 4. The molecule has 2 saturated carbocycles. The van der Waals surface area contributed by atoms with E-state index in [1.54, 1.807) is 38.1 Å². The van der Waals surface area contributed by atoms with Crippen molar-refractivity contribution in [2.24, 2.45) is 5.92 Å². The summed E-state index contributed by atoms with van der Waals surface area (Å²) in [4.78, 5) is 33.4. The van der Waals surface area contributed by atoms with Crippen molar-refractivity contribution < 1.29 is 51.6 Å². The van der Waals surface area contributed by atoms with Gasteiger partial charge >= 0.3 is 13.2 Å². The van der Waals surface area contributed by atoms with Crippen LogP contribution < -0.4 is 20.1 Å². The molecule has 6 rings (SSSR count). The lowest BCUT2D eigenvalue weighted by atomic mass is 9.83. The number of hydrogen-bond donors (Lipinski definition) is 4. The molecule has 11 nitrogen and oxygen atoms in total. The third-order valence-corrected chi connectivity index (χ3v) is 9.76. The molecule has 2 aromatic carbocycles. The second kappa shape index (κ2) is 18.8. The molecule has 4 aromatic rings. The average Bonchev–Trinajstić information content (AvgIpc) is 3.13. The predicted molar refractivity (Wildman–Crippen MR) is 197 cm³/mol. The number of hydrogen-bond acceptors (Lipinski definition) is 9. The van der Waals surface area contributed by atoms with Gasteiger partial charge in [0.05, 0.1) is 46.6 Å². The summed E-state index contributed by atoms with van der Waals surface area (Å²) in [6, 6.07) is 12.4. The van der Waals surface area contributed by atoms with Gasteiger partial charge < -0.3 is 35.1 Å². The van der Waals surface area contributed by atoms with Crippen molar-refractivity contribution in [1.29, 1.82) is 0 Å². The Labute approximate surface area is 316 Å². The first-order valence-corrected chi connectivity index (χ1v) is 18.4. The number of pyridine rings is 2. The SMILES string of the molecule is CC(C)(O)COC1CCC(NC(=O)c2cnc3cc(OC(F)F)ccc3c2)CC1.CC(O)C1CCC(NC(=O)c2cnc3cc(OC(F)F)ccc3c2)CC1. The van der Waals surface area contributed by atoms with E-state index in [1.807, 2.05) is 6.92 Å². The van der Waals surface area contributed by atoms with Crippen LogP contribution in [0.4, 0.5) is 17.6 Å². The summed E-state index contributed by atoms with van der Waals surface area (Å²) in [5.74, 6) is -0.0519. The van der Waals surface area contributed by atoms with E-state index in [4.69, 9.17) is 4.74 Å². The number of carbonyl (C=O) groups excluding carboxylic acids is 2. The summed E-state index contributed by atoms with van der Waals surface area (Å²) in [6.07, 6.45) is 9.39. The Balaban J connectivity index is 0.000000212. The molecule has 15 heteroatoms. The van der Waals surface area contributed by atoms with Crippen molar-refractivity contribution in [3.8, 4) is 11.5 Å². The van der Waals surface area contributed by atoms with Crippen LogP contribution in [0, 0.1) is 5.92 Å². The third kappa shape index (κ3) is 12.7. The van der Waals surface area contributed by atoms with Crippen molar-refractivity contribution in [1.82, 2.24) is 20.6 Å². The van der Waals surface area contributed by atoms with Gasteiger partial charge in [0.1, 0.15) is 11.5 Å². The van der Waals surface area contributed by atoms with E-state index < -0.39 is 18.8 Å². The fourth-order valence-electron chi connectivity index (χ4n) is 6.78. The summed E-state index contributed by atoms with van der Waals surface area (Å²) in [5.41, 5.74) is 0.958. The van der Waals surface area contributed by atoms with Crippen LogP contribution in [0.5, 0.6) is 11.5 Å². The minimum Gasteiger partial charge on any atom is -0.435 e. The molecule has 298 valence electrons. The lowest BCUT2D eigenvalue weighted by Crippen LogP contribution is -2.40. The molecule has 1 atom stereocenters. The number of fused-ring (bicyclic) bond motifs is 2. The molecule has 0 saturated heterocycles. The molecule has 0 radical (unpaired) electrons. The maximum Gasteiger partial charge on any atom is 0.387 e. The molecule has 55 heavy (non-hydrogen) atoms. The molecule has 2 aliphatic carbocycles. The van der Waals surface area contributed by atoms with Crippen LogP contribution in [0.1, 0.15) is 92.9 Å². The number of rotatable bonds is 12. The molecule has 2 aliphatic rings. The highest BCUT2D eigenvalue weighted by molar-refractivity contribution is 5.98. The maximum atomic E-state index is 12.6. The Kier molecular flexibility index (Phi) is 14.2. The zero-order valence-electron chi connectivity index (χ0n) is 31.0. The van der Waals surface area contributed by atoms with Crippen LogP contribution in [0.3, 0.4) is 0 Å². The summed E-state index contributed by atoms with van der Waals surface area (Å²) >= 11 is 0. The monoisotopic (exact) mass is 772 g/mol. The summed E-state index contributed by atoms with van der Waals surface area (Å²) < 4.78 is 63.6. The molecule has 4 N–H and O–H groups in total. The minimum absolute atomic E-state index is 0.0285. The van der Waals surface area contributed by atoms with Gasteiger partial charge in [-0.3, -0.25) is 19.6 Å². The first-order valence-electron chi connectivity index (χ1n) is 18.4. The first kappa shape index (κ1) is 41.6. The van der Waals surface area contributed by atoms with Crippen LogP contribution in [0.15, 0.2) is 60.9 Å². The smallest absolute Gasteiger partial charge is 0.387 e. The van der Waals surface area contributed by atoms with Crippen molar-refractivity contribution in [3.05, 3.63) is 72.1 Å². The number of carbonyl (C=O) groups is 2. The molecule has 1 unspecified atom stereocenters. The van der Waals surface area contributed by atoms with E-state index in [1.165, 1.54) is 36.7 Å². The highest BCUT2D eigenvalue weighted by Gasteiger charge is 2.27. The van der Waals surface area contributed by atoms with Crippen LogP contribution >= 0.6 is 0 Å². The Morgan fingerprint density at radius 2 is 1.18 bits per heavy atom. The number of benzene rings is 2. The van der Waals surface area contributed by atoms with Gasteiger partial charge in [0.15, 0.2) is 0 Å². The van der Waals surface area contributed by atoms with Gasteiger partial charge in [0.25, 0.3) is 11.8 Å². The predicted octanol–water partition coefficient (Wildman–Crippen LogP) is 7.17. The Hall–Kier alpha value is -4.60. The maximum absolute atomic E-state index is 12.6. The molecule has 2 aromatic heterocycles. The van der Waals surface area contributed by atoms with E-state index >= 15 is 0 Å². The number of aromatic nitrogens is 2. The summed E-state index contributed by atoms with van der Waals surface area (Å²) in [5, 5.41) is 26.8. The largest absolute Gasteiger partial charge is 0.435 e. The standard InChI is InChI=1S/C21H26F2N2O4.C19H22F2N2O3/c1-21(2,27)12-28-16-7-4-15(5-8-16)25-19(26)14-9-13-3-6-17(29-20(22)23)10-18(13)24-11-14;1-11(24)12-2-5-15(6-3-12)23-18(25)14-8-13-4-7-16(26-19(20)21)9-17(13)22-10-14/h3,6,9-11,15-16,20,27H,4-5,7-8,12H2,1-2H3,(H,25,26);4,7-12,15,19,24H,2-3,5-6H2,1H3,(H,23,25). The number of aliphatic hydroxyl groups excluding tert-OH is 1. The van der Waals surface area contributed by atoms with Gasteiger partial charge in [-0.25, -0.2) is 0 Å². The molecule has 0 aliphatic heterocycles. The number of nitrogens with one attached hydrogen (secondary N) is 2. The van der Waals surface area contributed by atoms with Gasteiger partial charge in [-0.15, -0.1) is 0 Å². The zero-order chi connectivity index (χ0) is 39.7. The van der Waals surface area contributed by atoms with Gasteiger partial charge in [0, 0.05) is 47.4 Å². The van der Waals surface area contributed by atoms with E-state index in [-0.39, 0.29) is 47.6 Å². The molecular formula is C40H48F4N4O7. The van der Waals surface area contributed by atoms with E-state index in [2.05, 4.69) is 30.1 Å². The van der Waals surface area contributed by atoms with Crippen molar-refractivity contribution in [2.75, 3.05) is 6.61 Å². The number of ether oxygens (including phenoxy) is 3. The molecule has 0 bridgehead atoms. The van der Waals surface area contributed by atoms with Gasteiger partial charge in [-0.1, -0.05) is 0 Å². The molecular weight excluding hydrogens is 724 g/mol. The Morgan fingerprint density at radius 3 is 1.58 bits per heavy atom. The first-order chi connectivity index (χ1) is 26.1. The second-order valence-corrected chi connectivity index (χ2v) is 14.8. The lowest BCUT2D eigenvalue weighted by Gasteiger charge is -2.30. The molecule has 2 heterocycles. The fourth-order valence-corrected chi connectivity index (χ4v) is 6.78. The third-order valence-electron chi connectivity index (χ3n) is 9.76. The molecule has 2 amide bonds. The average molecular weight is 773 g/mol. The van der Waals surface area contributed by atoms with Gasteiger partial charge in [-0.05, 0) is 114 Å². The van der Waals surface area contributed by atoms with E-state index in [9.17, 15) is 37.4 Å².